The molecule has 1 atom stereocenters. The molecular weight excluding hydrogens is 278 g/mol. The number of rotatable bonds is 8. The van der Waals surface area contributed by atoms with Gasteiger partial charge in [-0.1, -0.05) is 32.0 Å². The molecule has 3 nitrogen and oxygen atoms in total. The molecule has 0 bridgehead atoms. The van der Waals surface area contributed by atoms with E-state index in [0.29, 0.717) is 6.04 Å². The summed E-state index contributed by atoms with van der Waals surface area (Å²) in [6.45, 7) is 6.36. The molecule has 0 aliphatic carbocycles. The molecule has 1 N–H and O–H groups in total. The number of likely N-dealkylation sites (N-methyl/N-ethyl adjacent to an activating group) is 1. The maximum absolute atomic E-state index is 4.55. The second kappa shape index (κ2) is 8.25. The van der Waals surface area contributed by atoms with Crippen LogP contribution in [0.4, 0.5) is 0 Å². The fourth-order valence-corrected chi connectivity index (χ4v) is 3.31. The molecule has 0 amide bonds. The van der Waals surface area contributed by atoms with Gasteiger partial charge in [0.1, 0.15) is 5.82 Å². The summed E-state index contributed by atoms with van der Waals surface area (Å²) in [5.41, 5.74) is 1.37. The van der Waals surface area contributed by atoms with Crippen LogP contribution in [0.3, 0.4) is 0 Å². The van der Waals surface area contributed by atoms with Crippen LogP contribution in [0.1, 0.15) is 37.7 Å². The molecule has 114 valence electrons. The van der Waals surface area contributed by atoms with Crippen LogP contribution in [0, 0.1) is 0 Å². The Morgan fingerprint density at radius 2 is 2.10 bits per heavy atom. The summed E-state index contributed by atoms with van der Waals surface area (Å²) in [7, 11) is 0. The molecule has 2 rings (SSSR count). The molecular formula is C17H25N3S. The molecule has 0 spiro atoms. The zero-order valence-electron chi connectivity index (χ0n) is 13.2. The molecule has 21 heavy (non-hydrogen) atoms. The fraction of sp³-hybridized carbons (Fsp3) is 0.471. The minimum Gasteiger partial charge on any atom is -0.335 e. The number of hydrogen-bond acceptors (Lipinski definition) is 3. The first kappa shape index (κ1) is 16.1. The number of imidazole rings is 1. The summed E-state index contributed by atoms with van der Waals surface area (Å²) >= 11 is 1.81. The van der Waals surface area contributed by atoms with Crippen LogP contribution in [0.15, 0.2) is 41.6 Å². The number of aromatic nitrogens is 2. The summed E-state index contributed by atoms with van der Waals surface area (Å²) in [5, 5.41) is 3.61. The van der Waals surface area contributed by atoms with Crippen LogP contribution in [0.2, 0.25) is 0 Å². The van der Waals surface area contributed by atoms with Gasteiger partial charge in [0.05, 0.1) is 0 Å². The Morgan fingerprint density at radius 1 is 1.29 bits per heavy atom. The normalized spacial score (nSPS) is 12.5. The van der Waals surface area contributed by atoms with Crippen molar-refractivity contribution in [1.82, 2.24) is 14.9 Å². The second-order valence-electron chi connectivity index (χ2n) is 5.09. The number of hydrogen-bond donors (Lipinski definition) is 1. The molecule has 1 unspecified atom stereocenters. The van der Waals surface area contributed by atoms with Gasteiger partial charge in [0, 0.05) is 36.3 Å². The Labute approximate surface area is 132 Å². The molecule has 0 aliphatic heterocycles. The van der Waals surface area contributed by atoms with Crippen molar-refractivity contribution in [3.05, 3.63) is 48.0 Å². The molecule has 0 saturated carbocycles. The van der Waals surface area contributed by atoms with Crippen molar-refractivity contribution in [3.8, 4) is 0 Å². The highest BCUT2D eigenvalue weighted by molar-refractivity contribution is 7.98. The van der Waals surface area contributed by atoms with Crippen LogP contribution in [0.25, 0.3) is 0 Å². The summed E-state index contributed by atoms with van der Waals surface area (Å²) in [4.78, 5) is 5.90. The molecule has 1 heterocycles. The standard InChI is InChI=1S/C17H25N3S/c1-4-11-20-12-10-19-17(20)13-15(18-5-2)14-8-6-7-9-16(14)21-3/h6-10,12,15,18H,4-5,11,13H2,1-3H3. The van der Waals surface area contributed by atoms with E-state index in [1.54, 1.807) is 0 Å². The average molecular weight is 303 g/mol. The molecule has 0 aliphatic rings. The highest BCUT2D eigenvalue weighted by atomic mass is 32.2. The van der Waals surface area contributed by atoms with E-state index >= 15 is 0 Å². The van der Waals surface area contributed by atoms with Gasteiger partial charge in [0.2, 0.25) is 0 Å². The Morgan fingerprint density at radius 3 is 2.81 bits per heavy atom. The molecule has 1 aromatic heterocycles. The van der Waals surface area contributed by atoms with Crippen molar-refractivity contribution in [3.63, 3.8) is 0 Å². The lowest BCUT2D eigenvalue weighted by Crippen LogP contribution is -2.25. The quantitative estimate of drug-likeness (QED) is 0.750. The third-order valence-corrected chi connectivity index (χ3v) is 4.43. The van der Waals surface area contributed by atoms with Crippen LogP contribution >= 0.6 is 11.8 Å². The third kappa shape index (κ3) is 4.11. The van der Waals surface area contributed by atoms with Gasteiger partial charge >= 0.3 is 0 Å². The number of benzene rings is 1. The van der Waals surface area contributed by atoms with Crippen LogP contribution in [-0.2, 0) is 13.0 Å². The van der Waals surface area contributed by atoms with E-state index in [1.165, 1.54) is 16.3 Å². The summed E-state index contributed by atoms with van der Waals surface area (Å²) in [6, 6.07) is 8.97. The van der Waals surface area contributed by atoms with Gasteiger partial charge in [-0.05, 0) is 30.9 Å². The van der Waals surface area contributed by atoms with Crippen LogP contribution in [-0.4, -0.2) is 22.4 Å². The van der Waals surface area contributed by atoms with Gasteiger partial charge < -0.3 is 9.88 Å². The summed E-state index contributed by atoms with van der Waals surface area (Å²) in [6.07, 6.45) is 8.20. The van der Waals surface area contributed by atoms with Crippen molar-refractivity contribution >= 4 is 11.8 Å². The molecule has 0 saturated heterocycles. The van der Waals surface area contributed by atoms with Crippen molar-refractivity contribution in [2.45, 2.75) is 44.2 Å². The van der Waals surface area contributed by atoms with E-state index in [9.17, 15) is 0 Å². The maximum Gasteiger partial charge on any atom is 0.110 e. The van der Waals surface area contributed by atoms with Crippen molar-refractivity contribution in [1.29, 1.82) is 0 Å². The van der Waals surface area contributed by atoms with Gasteiger partial charge in [0.15, 0.2) is 0 Å². The van der Waals surface area contributed by atoms with Crippen molar-refractivity contribution < 1.29 is 0 Å². The number of nitrogens with one attached hydrogen (secondary N) is 1. The Kier molecular flexibility index (Phi) is 6.33. The van der Waals surface area contributed by atoms with Crippen molar-refractivity contribution in [2.24, 2.45) is 0 Å². The first-order chi connectivity index (χ1) is 10.3. The zero-order chi connectivity index (χ0) is 15.1. The second-order valence-corrected chi connectivity index (χ2v) is 5.94. The lowest BCUT2D eigenvalue weighted by Gasteiger charge is -2.21. The van der Waals surface area contributed by atoms with Crippen LogP contribution < -0.4 is 5.32 Å². The Hall–Kier alpha value is -1.26. The third-order valence-electron chi connectivity index (χ3n) is 3.62. The van der Waals surface area contributed by atoms with E-state index in [0.717, 1.165) is 25.9 Å². The highest BCUT2D eigenvalue weighted by Crippen LogP contribution is 2.27. The van der Waals surface area contributed by atoms with E-state index < -0.39 is 0 Å². The van der Waals surface area contributed by atoms with Gasteiger partial charge in [-0.3, -0.25) is 0 Å². The van der Waals surface area contributed by atoms with E-state index in [4.69, 9.17) is 0 Å². The minimum atomic E-state index is 0.316. The topological polar surface area (TPSA) is 29.9 Å². The number of nitrogens with zero attached hydrogens (tertiary/aromatic N) is 2. The summed E-state index contributed by atoms with van der Waals surface area (Å²) in [5.74, 6) is 1.17. The zero-order valence-corrected chi connectivity index (χ0v) is 14.0. The Bertz CT molecular complexity index is 550. The maximum atomic E-state index is 4.55. The largest absolute Gasteiger partial charge is 0.335 e. The minimum absolute atomic E-state index is 0.316. The highest BCUT2D eigenvalue weighted by Gasteiger charge is 2.17. The molecule has 1 aromatic carbocycles. The van der Waals surface area contributed by atoms with Gasteiger partial charge in [0.25, 0.3) is 0 Å². The van der Waals surface area contributed by atoms with Gasteiger partial charge in [-0.2, -0.15) is 0 Å². The first-order valence-electron chi connectivity index (χ1n) is 7.66. The van der Waals surface area contributed by atoms with Gasteiger partial charge in [-0.15, -0.1) is 11.8 Å². The monoisotopic (exact) mass is 303 g/mol. The van der Waals surface area contributed by atoms with E-state index in [-0.39, 0.29) is 0 Å². The number of thioether (sulfide) groups is 1. The molecule has 0 radical (unpaired) electrons. The predicted molar refractivity (Wildman–Crippen MR) is 90.9 cm³/mol. The lowest BCUT2D eigenvalue weighted by atomic mass is 10.0. The molecule has 2 aromatic rings. The molecule has 0 fully saturated rings. The van der Waals surface area contributed by atoms with E-state index in [1.807, 2.05) is 18.0 Å². The lowest BCUT2D eigenvalue weighted by molar-refractivity contribution is 0.510. The smallest absolute Gasteiger partial charge is 0.110 e. The van der Waals surface area contributed by atoms with E-state index in [2.05, 4.69) is 65.4 Å². The van der Waals surface area contributed by atoms with Crippen molar-refractivity contribution in [2.75, 3.05) is 12.8 Å². The Balaban J connectivity index is 2.24. The number of aryl methyl sites for hydroxylation is 1. The van der Waals surface area contributed by atoms with Crippen LogP contribution in [0.5, 0.6) is 0 Å². The first-order valence-corrected chi connectivity index (χ1v) is 8.88. The molecule has 4 heteroatoms. The van der Waals surface area contributed by atoms with Gasteiger partial charge in [-0.25, -0.2) is 4.98 Å². The summed E-state index contributed by atoms with van der Waals surface area (Å²) < 4.78 is 2.27. The SMILES string of the molecule is CCCn1ccnc1CC(NCC)c1ccccc1SC. The average Bonchev–Trinajstić information content (AvgIpc) is 2.94. The predicted octanol–water partition coefficient (Wildman–Crippen LogP) is 3.91. The fourth-order valence-electron chi connectivity index (χ4n) is 2.65.